The van der Waals surface area contributed by atoms with Gasteiger partial charge < -0.3 is 16.2 Å². The summed E-state index contributed by atoms with van der Waals surface area (Å²) in [6.45, 7) is 5.62. The first kappa shape index (κ1) is 11.1. The summed E-state index contributed by atoms with van der Waals surface area (Å²) in [7, 11) is 0. The van der Waals surface area contributed by atoms with Crippen LogP contribution in [0, 0.1) is 6.08 Å². The number of carbonyl (C=O) groups excluding carboxylic acids is 1. The van der Waals surface area contributed by atoms with Crippen molar-refractivity contribution in [2.75, 3.05) is 6.54 Å². The molecule has 0 spiro atoms. The van der Waals surface area contributed by atoms with Crippen LogP contribution in [-0.2, 0) is 4.79 Å². The summed E-state index contributed by atoms with van der Waals surface area (Å²) in [6, 6.07) is 0. The summed E-state index contributed by atoms with van der Waals surface area (Å²) in [6.07, 6.45) is 2.17. The second-order valence-electron chi connectivity index (χ2n) is 1.04. The normalized spacial score (nSPS) is 6.62. The number of hydrogen-bond donors (Lipinski definition) is 1. The molecule has 0 bridgehead atoms. The van der Waals surface area contributed by atoms with Gasteiger partial charge in [-0.15, -0.1) is 0 Å². The molecule has 0 aliphatic carbocycles. The molecule has 0 unspecified atom stereocenters. The molecule has 3 heteroatoms. The number of nitrogens with one attached hydrogen (secondary N) is 1. The van der Waals surface area contributed by atoms with Crippen LogP contribution in [0.1, 0.15) is 6.92 Å². The Hall–Kier alpha value is 0.210. The van der Waals surface area contributed by atoms with E-state index in [1.807, 2.05) is 6.92 Å². The van der Waals surface area contributed by atoms with Gasteiger partial charge in [-0.3, -0.25) is 6.58 Å². The molecule has 0 saturated carbocycles. The van der Waals surface area contributed by atoms with Crippen LogP contribution in [0.15, 0.2) is 6.58 Å². The maximum absolute atomic E-state index is 10.1. The molecule has 1 amide bonds. The Morgan fingerprint density at radius 3 is 2.50 bits per heavy atom. The Labute approximate surface area is 71.6 Å². The van der Waals surface area contributed by atoms with Gasteiger partial charge in [0.1, 0.15) is 0 Å². The summed E-state index contributed by atoms with van der Waals surface area (Å²) < 4.78 is 0. The summed E-state index contributed by atoms with van der Waals surface area (Å²) in [4.78, 5) is 10.1. The minimum atomic E-state index is -0.234. The van der Waals surface area contributed by atoms with Crippen LogP contribution >= 0.6 is 0 Å². The van der Waals surface area contributed by atoms with Crippen LogP contribution in [0.2, 0.25) is 0 Å². The van der Waals surface area contributed by atoms with Crippen molar-refractivity contribution in [1.82, 2.24) is 5.32 Å². The molecule has 0 radical (unpaired) electrons. The molecule has 8 heavy (non-hydrogen) atoms. The Morgan fingerprint density at radius 1 is 1.88 bits per heavy atom. The molecular formula is C5H8NNaO. The van der Waals surface area contributed by atoms with Crippen molar-refractivity contribution in [3.63, 3.8) is 0 Å². The molecule has 40 valence electrons. The van der Waals surface area contributed by atoms with Gasteiger partial charge in [0, 0.05) is 6.54 Å². The van der Waals surface area contributed by atoms with E-state index in [1.165, 1.54) is 0 Å². The van der Waals surface area contributed by atoms with E-state index in [1.54, 1.807) is 0 Å². The molecule has 1 N–H and O–H groups in total. The maximum atomic E-state index is 10.1. The first-order chi connectivity index (χ1) is 3.31. The largest absolute Gasteiger partial charge is 1.00 e. The Morgan fingerprint density at radius 2 is 2.38 bits per heavy atom. The monoisotopic (exact) mass is 121 g/mol. The van der Waals surface area contributed by atoms with Gasteiger partial charge in [0.15, 0.2) is 0 Å². The average molecular weight is 121 g/mol. The third kappa shape index (κ3) is 6.21. The van der Waals surface area contributed by atoms with Crippen LogP contribution in [0.3, 0.4) is 0 Å². The van der Waals surface area contributed by atoms with Crippen LogP contribution < -0.4 is 34.9 Å². The number of rotatable bonds is 2. The van der Waals surface area contributed by atoms with Crippen molar-refractivity contribution < 1.29 is 34.4 Å². The Kier molecular flexibility index (Phi) is 9.97. The predicted octanol–water partition coefficient (Wildman–Crippen LogP) is -2.88. The van der Waals surface area contributed by atoms with Crippen molar-refractivity contribution in [2.45, 2.75) is 6.92 Å². The van der Waals surface area contributed by atoms with Gasteiger partial charge in [-0.05, 0) is 6.92 Å². The van der Waals surface area contributed by atoms with E-state index in [0.717, 1.165) is 0 Å². The van der Waals surface area contributed by atoms with E-state index in [-0.39, 0.29) is 35.5 Å². The van der Waals surface area contributed by atoms with Gasteiger partial charge >= 0.3 is 29.6 Å². The molecule has 0 aliphatic heterocycles. The standard InChI is InChI=1S/C5H8NO.Na/c1-3-5(7)6-4-2;/h1,4H2,2H3,(H,6,7);/q-1;+1. The molecule has 0 rings (SSSR count). The second kappa shape index (κ2) is 7.21. The van der Waals surface area contributed by atoms with E-state index in [4.69, 9.17) is 0 Å². The fourth-order valence-electron chi connectivity index (χ4n) is 0.223. The molecule has 0 atom stereocenters. The molecule has 0 aromatic rings. The van der Waals surface area contributed by atoms with Gasteiger partial charge in [0.2, 0.25) is 0 Å². The summed E-state index contributed by atoms with van der Waals surface area (Å²) in [5, 5.41) is 2.48. The third-order valence-electron chi connectivity index (χ3n) is 0.498. The zero-order valence-corrected chi connectivity index (χ0v) is 7.32. The van der Waals surface area contributed by atoms with Gasteiger partial charge in [-0.25, -0.2) is 0 Å². The van der Waals surface area contributed by atoms with Gasteiger partial charge in [0.25, 0.3) is 0 Å². The topological polar surface area (TPSA) is 29.1 Å². The smallest absolute Gasteiger partial charge is 0.412 e. The van der Waals surface area contributed by atoms with Crippen LogP contribution in [0.4, 0.5) is 0 Å². The van der Waals surface area contributed by atoms with Crippen LogP contribution in [0.25, 0.3) is 0 Å². The minimum absolute atomic E-state index is 0. The maximum Gasteiger partial charge on any atom is 1.00 e. The second-order valence-corrected chi connectivity index (χ2v) is 1.04. The molecule has 2 nitrogen and oxygen atoms in total. The Bertz CT molecular complexity index is 82.5. The van der Waals surface area contributed by atoms with E-state index in [9.17, 15) is 4.79 Å². The van der Waals surface area contributed by atoms with Crippen molar-refractivity contribution in [2.24, 2.45) is 0 Å². The first-order valence-electron chi connectivity index (χ1n) is 2.12. The summed E-state index contributed by atoms with van der Waals surface area (Å²) in [5.74, 6) is -0.234. The number of likely N-dealkylation sites (N-methyl/N-ethyl adjacent to an activating group) is 1. The van der Waals surface area contributed by atoms with E-state index < -0.39 is 0 Å². The van der Waals surface area contributed by atoms with Crippen molar-refractivity contribution >= 4 is 5.91 Å². The predicted molar refractivity (Wildman–Crippen MR) is 27.6 cm³/mol. The first-order valence-corrected chi connectivity index (χ1v) is 2.12. The average Bonchev–Trinajstić information content (AvgIpc) is 1.68. The molecule has 0 aromatic heterocycles. The number of amides is 1. The van der Waals surface area contributed by atoms with Gasteiger partial charge in [0.05, 0.1) is 5.91 Å². The number of hydrogen-bond acceptors (Lipinski definition) is 1. The van der Waals surface area contributed by atoms with E-state index in [0.29, 0.717) is 6.54 Å². The molecule has 0 aliphatic rings. The quantitative estimate of drug-likeness (QED) is 0.237. The minimum Gasteiger partial charge on any atom is -0.412 e. The fourth-order valence-corrected chi connectivity index (χ4v) is 0.223. The molecule has 0 fully saturated rings. The number of carbonyl (C=O) groups is 1. The zero-order chi connectivity index (χ0) is 5.70. The van der Waals surface area contributed by atoms with E-state index in [2.05, 4.69) is 18.0 Å². The van der Waals surface area contributed by atoms with Crippen LogP contribution in [-0.4, -0.2) is 12.5 Å². The molecular weight excluding hydrogens is 113 g/mol. The molecule has 0 aromatic carbocycles. The van der Waals surface area contributed by atoms with Crippen LogP contribution in [0.5, 0.6) is 0 Å². The third-order valence-corrected chi connectivity index (χ3v) is 0.498. The van der Waals surface area contributed by atoms with Crippen molar-refractivity contribution in [1.29, 1.82) is 0 Å². The van der Waals surface area contributed by atoms with Gasteiger partial charge in [-0.2, -0.15) is 0 Å². The fraction of sp³-hybridized carbons (Fsp3) is 0.400. The molecule has 0 saturated heterocycles. The van der Waals surface area contributed by atoms with Crippen molar-refractivity contribution in [3.8, 4) is 0 Å². The zero-order valence-electron chi connectivity index (χ0n) is 5.32. The summed E-state index contributed by atoms with van der Waals surface area (Å²) in [5.41, 5.74) is 0. The Balaban J connectivity index is 0. The van der Waals surface area contributed by atoms with E-state index >= 15 is 0 Å². The SMILES string of the molecule is C=[C-]C(=O)NCC.[Na+]. The molecule has 0 heterocycles. The summed E-state index contributed by atoms with van der Waals surface area (Å²) >= 11 is 0. The van der Waals surface area contributed by atoms with Crippen molar-refractivity contribution in [3.05, 3.63) is 12.7 Å². The van der Waals surface area contributed by atoms with Gasteiger partial charge in [-0.1, -0.05) is 0 Å².